The van der Waals surface area contributed by atoms with Crippen molar-refractivity contribution in [2.75, 3.05) is 18.1 Å². The molecule has 1 aliphatic heterocycles. The highest BCUT2D eigenvalue weighted by atomic mass is 79.9. The van der Waals surface area contributed by atoms with Crippen LogP contribution in [0.25, 0.3) is 0 Å². The summed E-state index contributed by atoms with van der Waals surface area (Å²) in [6.07, 6.45) is -0.123. The Morgan fingerprint density at radius 1 is 1.44 bits per heavy atom. The molecule has 1 aromatic rings. The van der Waals surface area contributed by atoms with E-state index in [0.29, 0.717) is 5.69 Å². The molecule has 1 fully saturated rings. The lowest BCUT2D eigenvalue weighted by atomic mass is 10.1. The third kappa shape index (κ3) is 2.88. The number of carbonyl (C=O) groups is 2. The van der Waals surface area contributed by atoms with Crippen molar-refractivity contribution in [1.29, 1.82) is 0 Å². The molecule has 0 aromatic heterocycles. The maximum atomic E-state index is 11.9. The normalized spacial score (nSPS) is 19.9. The van der Waals surface area contributed by atoms with Gasteiger partial charge in [-0.2, -0.15) is 0 Å². The SMILES string of the molecule is O=C(O)CC1COCC(=O)N1c1ccc(Br)cc1. The lowest BCUT2D eigenvalue weighted by molar-refractivity contribution is -0.138. The molecule has 1 atom stereocenters. The second-order valence-corrected chi connectivity index (χ2v) is 4.92. The average molecular weight is 314 g/mol. The van der Waals surface area contributed by atoms with Crippen LogP contribution in [0.15, 0.2) is 28.7 Å². The Balaban J connectivity index is 2.26. The van der Waals surface area contributed by atoms with Gasteiger partial charge in [0, 0.05) is 10.2 Å². The van der Waals surface area contributed by atoms with Gasteiger partial charge < -0.3 is 14.7 Å². The first kappa shape index (κ1) is 13.0. The smallest absolute Gasteiger partial charge is 0.305 e. The van der Waals surface area contributed by atoms with Crippen molar-refractivity contribution in [3.05, 3.63) is 28.7 Å². The van der Waals surface area contributed by atoms with E-state index in [0.717, 1.165) is 4.47 Å². The highest BCUT2D eigenvalue weighted by Gasteiger charge is 2.31. The number of anilines is 1. The van der Waals surface area contributed by atoms with Crippen LogP contribution in [0.4, 0.5) is 5.69 Å². The van der Waals surface area contributed by atoms with Gasteiger partial charge in [0.2, 0.25) is 0 Å². The Kier molecular flexibility index (Phi) is 3.98. The van der Waals surface area contributed by atoms with Gasteiger partial charge in [0.15, 0.2) is 0 Å². The molecule has 0 saturated carbocycles. The summed E-state index contributed by atoms with van der Waals surface area (Å²) in [6.45, 7) is 0.236. The minimum Gasteiger partial charge on any atom is -0.481 e. The van der Waals surface area contributed by atoms with Gasteiger partial charge in [0.1, 0.15) is 6.61 Å². The van der Waals surface area contributed by atoms with E-state index in [2.05, 4.69) is 15.9 Å². The number of carboxylic acid groups (broad SMARTS) is 1. The van der Waals surface area contributed by atoms with Crippen LogP contribution in [0.3, 0.4) is 0 Å². The summed E-state index contributed by atoms with van der Waals surface area (Å²) in [6, 6.07) is 6.74. The lowest BCUT2D eigenvalue weighted by Gasteiger charge is -2.34. The first-order valence-corrected chi connectivity index (χ1v) is 6.24. The quantitative estimate of drug-likeness (QED) is 0.921. The number of nitrogens with zero attached hydrogens (tertiary/aromatic N) is 1. The van der Waals surface area contributed by atoms with Crippen molar-refractivity contribution in [3.8, 4) is 0 Å². The third-order valence-electron chi connectivity index (χ3n) is 2.68. The highest BCUT2D eigenvalue weighted by molar-refractivity contribution is 9.10. The maximum Gasteiger partial charge on any atom is 0.305 e. The van der Waals surface area contributed by atoms with Crippen molar-refractivity contribution in [1.82, 2.24) is 0 Å². The van der Waals surface area contributed by atoms with Gasteiger partial charge >= 0.3 is 5.97 Å². The van der Waals surface area contributed by atoms with Crippen molar-refractivity contribution < 1.29 is 19.4 Å². The molecule has 0 radical (unpaired) electrons. The molecule has 18 heavy (non-hydrogen) atoms. The van der Waals surface area contributed by atoms with Crippen molar-refractivity contribution in [3.63, 3.8) is 0 Å². The fourth-order valence-electron chi connectivity index (χ4n) is 1.94. The van der Waals surface area contributed by atoms with Crippen LogP contribution in [0, 0.1) is 0 Å². The number of carboxylic acids is 1. The van der Waals surface area contributed by atoms with E-state index in [9.17, 15) is 9.59 Å². The summed E-state index contributed by atoms with van der Waals surface area (Å²) in [5, 5.41) is 8.86. The molecule has 5 nitrogen and oxygen atoms in total. The molecule has 1 heterocycles. The number of carbonyl (C=O) groups excluding carboxylic acids is 1. The zero-order valence-corrected chi connectivity index (χ0v) is 11.1. The Morgan fingerprint density at radius 3 is 2.72 bits per heavy atom. The number of hydrogen-bond donors (Lipinski definition) is 1. The number of halogens is 1. The number of hydrogen-bond acceptors (Lipinski definition) is 3. The molecular formula is C12H12BrNO4. The van der Waals surface area contributed by atoms with Crippen LogP contribution in [-0.2, 0) is 14.3 Å². The number of amides is 1. The number of ether oxygens (including phenoxy) is 1. The van der Waals surface area contributed by atoms with Crippen LogP contribution < -0.4 is 4.90 Å². The molecule has 6 heteroatoms. The molecular weight excluding hydrogens is 302 g/mol. The second kappa shape index (κ2) is 5.49. The second-order valence-electron chi connectivity index (χ2n) is 4.01. The minimum atomic E-state index is -0.944. The van der Waals surface area contributed by atoms with E-state index in [4.69, 9.17) is 9.84 Å². The van der Waals surface area contributed by atoms with E-state index in [-0.39, 0.29) is 25.5 Å². The Hall–Kier alpha value is -1.40. The van der Waals surface area contributed by atoms with E-state index < -0.39 is 12.0 Å². The van der Waals surface area contributed by atoms with Gasteiger partial charge in [-0.25, -0.2) is 0 Å². The summed E-state index contributed by atoms with van der Waals surface area (Å²) in [4.78, 5) is 24.2. The molecule has 0 aliphatic carbocycles. The van der Waals surface area contributed by atoms with Crippen molar-refractivity contribution in [2.45, 2.75) is 12.5 Å². The summed E-state index contributed by atoms with van der Waals surface area (Å²) >= 11 is 3.32. The molecule has 1 amide bonds. The monoisotopic (exact) mass is 313 g/mol. The van der Waals surface area contributed by atoms with Gasteiger partial charge in [-0.3, -0.25) is 9.59 Å². The number of morpholine rings is 1. The van der Waals surface area contributed by atoms with E-state index in [1.54, 1.807) is 12.1 Å². The third-order valence-corrected chi connectivity index (χ3v) is 3.21. The molecule has 2 rings (SSSR count). The van der Waals surface area contributed by atoms with Gasteiger partial charge in [-0.05, 0) is 24.3 Å². The molecule has 1 saturated heterocycles. The molecule has 1 aromatic carbocycles. The van der Waals surface area contributed by atoms with E-state index >= 15 is 0 Å². The fraction of sp³-hybridized carbons (Fsp3) is 0.333. The molecule has 96 valence electrons. The van der Waals surface area contributed by atoms with Crippen LogP contribution in [0.1, 0.15) is 6.42 Å². The Morgan fingerprint density at radius 2 is 2.11 bits per heavy atom. The zero-order chi connectivity index (χ0) is 13.1. The molecule has 1 unspecified atom stereocenters. The standard InChI is InChI=1S/C12H12BrNO4/c13-8-1-3-9(4-2-8)14-10(5-12(16)17)6-18-7-11(14)15/h1-4,10H,5-7H2,(H,16,17). The average Bonchev–Trinajstić information content (AvgIpc) is 2.30. The van der Waals surface area contributed by atoms with Gasteiger partial charge in [-0.1, -0.05) is 15.9 Å². The largest absolute Gasteiger partial charge is 0.481 e. The molecule has 1 aliphatic rings. The molecule has 0 spiro atoms. The van der Waals surface area contributed by atoms with Crippen LogP contribution in [0.5, 0.6) is 0 Å². The van der Waals surface area contributed by atoms with E-state index in [1.165, 1.54) is 4.90 Å². The fourth-order valence-corrected chi connectivity index (χ4v) is 2.20. The van der Waals surface area contributed by atoms with E-state index in [1.807, 2.05) is 12.1 Å². The summed E-state index contributed by atoms with van der Waals surface area (Å²) < 4.78 is 6.01. The predicted molar refractivity (Wildman–Crippen MR) is 68.5 cm³/mol. The lowest BCUT2D eigenvalue weighted by Crippen LogP contribution is -2.50. The van der Waals surface area contributed by atoms with Gasteiger partial charge in [0.25, 0.3) is 5.91 Å². The topological polar surface area (TPSA) is 66.8 Å². The Labute approximate surface area is 112 Å². The summed E-state index contributed by atoms with van der Waals surface area (Å²) in [5.41, 5.74) is 0.692. The summed E-state index contributed by atoms with van der Waals surface area (Å²) in [7, 11) is 0. The molecule has 0 bridgehead atoms. The van der Waals surface area contributed by atoms with Gasteiger partial charge in [0.05, 0.1) is 19.1 Å². The number of aliphatic carboxylic acids is 1. The van der Waals surface area contributed by atoms with Gasteiger partial charge in [-0.15, -0.1) is 0 Å². The minimum absolute atomic E-state index is 0.00775. The zero-order valence-electron chi connectivity index (χ0n) is 9.51. The van der Waals surface area contributed by atoms with Crippen molar-refractivity contribution >= 4 is 33.5 Å². The maximum absolute atomic E-state index is 11.9. The number of rotatable bonds is 3. The molecule has 1 N–H and O–H groups in total. The van der Waals surface area contributed by atoms with Crippen LogP contribution in [0.2, 0.25) is 0 Å². The summed E-state index contributed by atoms with van der Waals surface area (Å²) in [5.74, 6) is -1.16. The van der Waals surface area contributed by atoms with Crippen LogP contribution in [-0.4, -0.2) is 36.2 Å². The first-order chi connectivity index (χ1) is 8.58. The predicted octanol–water partition coefficient (Wildman–Crippen LogP) is 1.66. The van der Waals surface area contributed by atoms with Crippen molar-refractivity contribution in [2.24, 2.45) is 0 Å². The highest BCUT2D eigenvalue weighted by Crippen LogP contribution is 2.24. The Bertz CT molecular complexity index is 460. The first-order valence-electron chi connectivity index (χ1n) is 5.45. The van der Waals surface area contributed by atoms with Crippen LogP contribution >= 0.6 is 15.9 Å². The number of benzene rings is 1.